The molecular weight excluding hydrogens is 305 g/mol. The van der Waals surface area contributed by atoms with Crippen LogP contribution in [0.5, 0.6) is 0 Å². The number of carbonyl (C=O) groups excluding carboxylic acids is 1. The van der Waals surface area contributed by atoms with Crippen molar-refractivity contribution in [1.82, 2.24) is 10.2 Å². The summed E-state index contributed by atoms with van der Waals surface area (Å²) in [6.45, 7) is 1.62. The van der Waals surface area contributed by atoms with Crippen molar-refractivity contribution >= 4 is 5.91 Å². The Bertz CT molecular complexity index is 540. The molecule has 4 nitrogen and oxygen atoms in total. The van der Waals surface area contributed by atoms with Gasteiger partial charge in [-0.1, -0.05) is 18.6 Å². The van der Waals surface area contributed by atoms with E-state index in [-0.39, 0.29) is 23.8 Å². The summed E-state index contributed by atoms with van der Waals surface area (Å²) in [5, 5.41) is 3.24. The molecule has 1 aromatic carbocycles. The Morgan fingerprint density at radius 1 is 1.12 bits per heavy atom. The molecule has 3 rings (SSSR count). The normalized spacial score (nSPS) is 28.5. The molecule has 24 heavy (non-hydrogen) atoms. The van der Waals surface area contributed by atoms with E-state index in [2.05, 4.69) is 10.2 Å². The average Bonchev–Trinajstić information content (AvgIpc) is 2.59. The van der Waals surface area contributed by atoms with Gasteiger partial charge >= 0.3 is 0 Å². The largest absolute Gasteiger partial charge is 0.352 e. The zero-order chi connectivity index (χ0) is 16.9. The molecular formula is C19H28FN3O. The van der Waals surface area contributed by atoms with E-state index in [0.717, 1.165) is 57.1 Å². The minimum absolute atomic E-state index is 0.0700. The van der Waals surface area contributed by atoms with Gasteiger partial charge in [0.05, 0.1) is 6.04 Å². The third kappa shape index (κ3) is 4.54. The fourth-order valence-electron chi connectivity index (χ4n) is 3.86. The second kappa shape index (κ2) is 8.08. The predicted octanol–water partition coefficient (Wildman–Crippen LogP) is 2.57. The fourth-order valence-corrected chi connectivity index (χ4v) is 3.86. The van der Waals surface area contributed by atoms with Gasteiger partial charge in [-0.2, -0.15) is 0 Å². The van der Waals surface area contributed by atoms with Crippen LogP contribution in [0.4, 0.5) is 4.39 Å². The topological polar surface area (TPSA) is 58.4 Å². The van der Waals surface area contributed by atoms with E-state index in [9.17, 15) is 9.18 Å². The zero-order valence-corrected chi connectivity index (χ0v) is 14.2. The first-order chi connectivity index (χ1) is 11.6. The van der Waals surface area contributed by atoms with E-state index in [0.29, 0.717) is 12.6 Å². The molecule has 1 atom stereocenters. The number of carbonyl (C=O) groups is 1. The standard InChI is InChI=1S/C19H28FN3O/c20-15-6-4-14(5-7-15)13-23-12-2-1-3-18(23)19(24)22-17-10-8-16(21)9-11-17/h4-7,16-18H,1-3,8-13,21H2,(H,22,24). The minimum Gasteiger partial charge on any atom is -0.352 e. The number of likely N-dealkylation sites (tertiary alicyclic amines) is 1. The molecule has 0 aromatic heterocycles. The summed E-state index contributed by atoms with van der Waals surface area (Å²) in [6.07, 6.45) is 7.06. The molecule has 0 bridgehead atoms. The zero-order valence-electron chi connectivity index (χ0n) is 14.2. The third-order valence-electron chi connectivity index (χ3n) is 5.33. The molecule has 3 N–H and O–H groups in total. The van der Waals surface area contributed by atoms with Crippen molar-refractivity contribution < 1.29 is 9.18 Å². The Morgan fingerprint density at radius 3 is 2.54 bits per heavy atom. The smallest absolute Gasteiger partial charge is 0.237 e. The number of nitrogens with one attached hydrogen (secondary N) is 1. The predicted molar refractivity (Wildman–Crippen MR) is 92.8 cm³/mol. The summed E-state index contributed by atoms with van der Waals surface area (Å²) < 4.78 is 13.1. The Labute approximate surface area is 143 Å². The van der Waals surface area contributed by atoms with Gasteiger partial charge in [-0.25, -0.2) is 4.39 Å². The monoisotopic (exact) mass is 333 g/mol. The van der Waals surface area contributed by atoms with Gasteiger partial charge in [0.2, 0.25) is 5.91 Å². The van der Waals surface area contributed by atoms with Gasteiger partial charge in [0, 0.05) is 18.6 Å². The van der Waals surface area contributed by atoms with Gasteiger partial charge in [0.15, 0.2) is 0 Å². The number of amides is 1. The van der Waals surface area contributed by atoms with Crippen molar-refractivity contribution in [3.05, 3.63) is 35.6 Å². The molecule has 0 radical (unpaired) electrons. The third-order valence-corrected chi connectivity index (χ3v) is 5.33. The summed E-state index contributed by atoms with van der Waals surface area (Å²) in [6, 6.07) is 7.08. The molecule has 1 saturated carbocycles. The second-order valence-corrected chi connectivity index (χ2v) is 7.23. The van der Waals surface area contributed by atoms with Crippen molar-refractivity contribution in [2.24, 2.45) is 5.73 Å². The molecule has 1 heterocycles. The lowest BCUT2D eigenvalue weighted by molar-refractivity contribution is -0.128. The lowest BCUT2D eigenvalue weighted by Crippen LogP contribution is -2.52. The van der Waals surface area contributed by atoms with Crippen LogP contribution in [-0.2, 0) is 11.3 Å². The summed E-state index contributed by atoms with van der Waals surface area (Å²) in [7, 11) is 0. The van der Waals surface area contributed by atoms with Crippen molar-refractivity contribution in [2.45, 2.75) is 69.6 Å². The van der Waals surface area contributed by atoms with Crippen LogP contribution in [0.2, 0.25) is 0 Å². The van der Waals surface area contributed by atoms with E-state index in [1.165, 1.54) is 12.1 Å². The van der Waals surface area contributed by atoms with Crippen molar-refractivity contribution in [3.8, 4) is 0 Å². The number of nitrogens with two attached hydrogens (primary N) is 1. The van der Waals surface area contributed by atoms with Crippen molar-refractivity contribution in [2.75, 3.05) is 6.54 Å². The molecule has 1 aliphatic carbocycles. The first kappa shape index (κ1) is 17.4. The van der Waals surface area contributed by atoms with E-state index in [1.54, 1.807) is 12.1 Å². The highest BCUT2D eigenvalue weighted by Crippen LogP contribution is 2.22. The number of hydrogen-bond donors (Lipinski definition) is 2. The van der Waals surface area contributed by atoms with Crippen LogP contribution in [0.15, 0.2) is 24.3 Å². The molecule has 5 heteroatoms. The van der Waals surface area contributed by atoms with Crippen LogP contribution in [0, 0.1) is 5.82 Å². The first-order valence-electron chi connectivity index (χ1n) is 9.16. The average molecular weight is 333 g/mol. The quantitative estimate of drug-likeness (QED) is 0.890. The number of halogens is 1. The lowest BCUT2D eigenvalue weighted by Gasteiger charge is -2.36. The molecule has 0 spiro atoms. The minimum atomic E-state index is -0.220. The number of benzene rings is 1. The van der Waals surface area contributed by atoms with E-state index < -0.39 is 0 Å². The highest BCUT2D eigenvalue weighted by atomic mass is 19.1. The first-order valence-corrected chi connectivity index (χ1v) is 9.16. The molecule has 1 amide bonds. The highest BCUT2D eigenvalue weighted by Gasteiger charge is 2.30. The van der Waals surface area contributed by atoms with Gasteiger partial charge in [0.25, 0.3) is 0 Å². The van der Waals surface area contributed by atoms with E-state index >= 15 is 0 Å². The maximum Gasteiger partial charge on any atom is 0.237 e. The second-order valence-electron chi connectivity index (χ2n) is 7.23. The Morgan fingerprint density at radius 2 is 1.83 bits per heavy atom. The Balaban J connectivity index is 1.58. The van der Waals surface area contributed by atoms with Crippen LogP contribution >= 0.6 is 0 Å². The molecule has 2 fully saturated rings. The molecule has 1 aliphatic heterocycles. The van der Waals surface area contributed by atoms with Gasteiger partial charge < -0.3 is 11.1 Å². The highest BCUT2D eigenvalue weighted by molar-refractivity contribution is 5.82. The summed E-state index contributed by atoms with van der Waals surface area (Å²) in [4.78, 5) is 15.0. The van der Waals surface area contributed by atoms with Crippen LogP contribution in [0.1, 0.15) is 50.5 Å². The van der Waals surface area contributed by atoms with Crippen LogP contribution < -0.4 is 11.1 Å². The van der Waals surface area contributed by atoms with Crippen LogP contribution in [0.3, 0.4) is 0 Å². The van der Waals surface area contributed by atoms with Gasteiger partial charge in [0.1, 0.15) is 5.82 Å². The Kier molecular flexibility index (Phi) is 5.85. The molecule has 1 aromatic rings. The summed E-state index contributed by atoms with van der Waals surface area (Å²) in [5.74, 6) is -0.0699. The van der Waals surface area contributed by atoms with Crippen LogP contribution in [0.25, 0.3) is 0 Å². The maximum absolute atomic E-state index is 13.1. The van der Waals surface area contributed by atoms with E-state index in [1.807, 2.05) is 0 Å². The summed E-state index contributed by atoms with van der Waals surface area (Å²) >= 11 is 0. The molecule has 2 aliphatic rings. The fraction of sp³-hybridized carbons (Fsp3) is 0.632. The van der Waals surface area contributed by atoms with E-state index in [4.69, 9.17) is 5.73 Å². The van der Waals surface area contributed by atoms with Gasteiger partial charge in [-0.3, -0.25) is 9.69 Å². The number of rotatable bonds is 4. The number of piperidine rings is 1. The number of nitrogens with zero attached hydrogens (tertiary/aromatic N) is 1. The Hall–Kier alpha value is -1.46. The molecule has 132 valence electrons. The van der Waals surface area contributed by atoms with Gasteiger partial charge in [-0.15, -0.1) is 0 Å². The lowest BCUT2D eigenvalue weighted by atomic mass is 9.91. The maximum atomic E-state index is 13.1. The van der Waals surface area contributed by atoms with Crippen molar-refractivity contribution in [3.63, 3.8) is 0 Å². The van der Waals surface area contributed by atoms with Gasteiger partial charge in [-0.05, 0) is 62.8 Å². The van der Waals surface area contributed by atoms with Crippen LogP contribution in [-0.4, -0.2) is 35.5 Å². The SMILES string of the molecule is NC1CCC(NC(=O)C2CCCCN2Cc2ccc(F)cc2)CC1. The number of hydrogen-bond acceptors (Lipinski definition) is 3. The summed E-state index contributed by atoms with van der Waals surface area (Å²) in [5.41, 5.74) is 7.00. The molecule has 1 saturated heterocycles. The molecule has 1 unspecified atom stereocenters. The van der Waals surface area contributed by atoms with Crippen molar-refractivity contribution in [1.29, 1.82) is 0 Å².